The van der Waals surface area contributed by atoms with Crippen LogP contribution in [-0.4, -0.2) is 17.1 Å². The lowest BCUT2D eigenvalue weighted by atomic mass is 9.86. The molecule has 0 amide bonds. The smallest absolute Gasteiger partial charge is 0.416 e. The summed E-state index contributed by atoms with van der Waals surface area (Å²) in [6.45, 7) is 3.64. The number of rotatable bonds is 6. The minimum absolute atomic E-state index is 0.0920. The van der Waals surface area contributed by atoms with Gasteiger partial charge in [-0.2, -0.15) is 13.2 Å². The molecule has 6 heteroatoms. The van der Waals surface area contributed by atoms with Gasteiger partial charge < -0.3 is 10.8 Å². The highest BCUT2D eigenvalue weighted by Gasteiger charge is 2.31. The van der Waals surface area contributed by atoms with Crippen LogP contribution in [0.15, 0.2) is 24.3 Å². The normalized spacial score (nSPS) is 16.3. The summed E-state index contributed by atoms with van der Waals surface area (Å²) in [6.07, 6.45) is -3.96. The Bertz CT molecular complexity index is 488. The number of hydrogen-bond acceptors (Lipinski definition) is 2. The molecule has 0 fully saturated rings. The first-order valence-corrected chi connectivity index (χ1v) is 6.75. The molecule has 0 spiro atoms. The molecule has 3 nitrogen and oxygen atoms in total. The van der Waals surface area contributed by atoms with Gasteiger partial charge in [-0.3, -0.25) is 4.79 Å². The lowest BCUT2D eigenvalue weighted by molar-refractivity contribution is -0.138. The van der Waals surface area contributed by atoms with Crippen molar-refractivity contribution in [1.29, 1.82) is 0 Å². The summed E-state index contributed by atoms with van der Waals surface area (Å²) in [5, 5.41) is 8.70. The van der Waals surface area contributed by atoms with E-state index < -0.39 is 23.8 Å². The molecule has 3 N–H and O–H groups in total. The molecule has 21 heavy (non-hydrogen) atoms. The molecule has 118 valence electrons. The quantitative estimate of drug-likeness (QED) is 0.843. The van der Waals surface area contributed by atoms with Gasteiger partial charge in [-0.15, -0.1) is 0 Å². The monoisotopic (exact) mass is 303 g/mol. The molecule has 3 atom stereocenters. The summed E-state index contributed by atoms with van der Waals surface area (Å²) in [6, 6.07) is 4.71. The summed E-state index contributed by atoms with van der Waals surface area (Å²) in [5.74, 6) is -1.19. The maximum atomic E-state index is 12.7. The van der Waals surface area contributed by atoms with Crippen molar-refractivity contribution in [2.75, 3.05) is 0 Å². The molecule has 0 aliphatic carbocycles. The number of aliphatic carboxylic acids is 1. The molecule has 1 rings (SSSR count). The number of carbonyl (C=O) groups is 1. The van der Waals surface area contributed by atoms with E-state index in [-0.39, 0.29) is 18.3 Å². The molecule has 0 heterocycles. The number of carboxylic acids is 1. The Balaban J connectivity index is 2.75. The van der Waals surface area contributed by atoms with Crippen molar-refractivity contribution < 1.29 is 23.1 Å². The van der Waals surface area contributed by atoms with E-state index in [1.807, 2.05) is 13.8 Å². The third-order valence-electron chi connectivity index (χ3n) is 3.65. The third kappa shape index (κ3) is 5.38. The van der Waals surface area contributed by atoms with Crippen LogP contribution in [0, 0.1) is 5.92 Å². The maximum absolute atomic E-state index is 12.7. The van der Waals surface area contributed by atoms with Crippen LogP contribution in [0.3, 0.4) is 0 Å². The molecular weight excluding hydrogens is 283 g/mol. The Hall–Kier alpha value is -1.56. The van der Waals surface area contributed by atoms with Crippen molar-refractivity contribution in [3.05, 3.63) is 35.4 Å². The Kier molecular flexibility index (Phi) is 5.78. The van der Waals surface area contributed by atoms with Crippen LogP contribution in [0.2, 0.25) is 0 Å². The summed E-state index contributed by atoms with van der Waals surface area (Å²) in [4.78, 5) is 10.6. The zero-order chi connectivity index (χ0) is 16.2. The van der Waals surface area contributed by atoms with Gasteiger partial charge in [-0.1, -0.05) is 32.0 Å². The SMILES string of the molecule is CC(CC(C)C(N)CC(=O)O)c1cccc(C(F)(F)F)c1. The summed E-state index contributed by atoms with van der Waals surface area (Å²) >= 11 is 0. The van der Waals surface area contributed by atoms with Crippen LogP contribution in [0.1, 0.15) is 43.7 Å². The fourth-order valence-corrected chi connectivity index (χ4v) is 2.29. The second-order valence-electron chi connectivity index (χ2n) is 5.50. The highest BCUT2D eigenvalue weighted by atomic mass is 19.4. The number of hydrogen-bond donors (Lipinski definition) is 2. The van der Waals surface area contributed by atoms with Gasteiger partial charge in [-0.25, -0.2) is 0 Å². The minimum atomic E-state index is -4.36. The highest BCUT2D eigenvalue weighted by molar-refractivity contribution is 5.67. The third-order valence-corrected chi connectivity index (χ3v) is 3.65. The van der Waals surface area contributed by atoms with Gasteiger partial charge >= 0.3 is 12.1 Å². The Morgan fingerprint density at radius 2 is 1.95 bits per heavy atom. The molecule has 0 saturated heterocycles. The summed E-state index contributed by atoms with van der Waals surface area (Å²) < 4.78 is 38.0. The summed E-state index contributed by atoms with van der Waals surface area (Å²) in [7, 11) is 0. The number of alkyl halides is 3. The van der Waals surface area contributed by atoms with E-state index >= 15 is 0 Å². The largest absolute Gasteiger partial charge is 0.481 e. The van der Waals surface area contributed by atoms with E-state index in [9.17, 15) is 18.0 Å². The predicted molar refractivity (Wildman–Crippen MR) is 73.9 cm³/mol. The lowest BCUT2D eigenvalue weighted by Crippen LogP contribution is -2.31. The predicted octanol–water partition coefficient (Wildman–Crippen LogP) is 3.64. The lowest BCUT2D eigenvalue weighted by Gasteiger charge is -2.22. The number of nitrogens with two attached hydrogens (primary N) is 1. The van der Waals surface area contributed by atoms with Crippen LogP contribution in [-0.2, 0) is 11.0 Å². The molecule has 0 aliphatic rings. The van der Waals surface area contributed by atoms with Gasteiger partial charge in [-0.05, 0) is 29.9 Å². The fraction of sp³-hybridized carbons (Fsp3) is 0.533. The van der Waals surface area contributed by atoms with E-state index in [0.717, 1.165) is 12.1 Å². The zero-order valence-corrected chi connectivity index (χ0v) is 12.0. The summed E-state index contributed by atoms with van der Waals surface area (Å²) in [5.41, 5.74) is 5.69. The minimum Gasteiger partial charge on any atom is -0.481 e. The fourth-order valence-electron chi connectivity index (χ4n) is 2.29. The molecule has 0 radical (unpaired) electrons. The van der Waals surface area contributed by atoms with Gasteiger partial charge in [0.2, 0.25) is 0 Å². The Morgan fingerprint density at radius 3 is 2.48 bits per heavy atom. The topological polar surface area (TPSA) is 63.3 Å². The van der Waals surface area contributed by atoms with Gasteiger partial charge in [0.15, 0.2) is 0 Å². The van der Waals surface area contributed by atoms with Gasteiger partial charge in [0.05, 0.1) is 12.0 Å². The second kappa shape index (κ2) is 6.93. The molecule has 0 aromatic heterocycles. The van der Waals surface area contributed by atoms with Crippen molar-refractivity contribution in [1.82, 2.24) is 0 Å². The average Bonchev–Trinajstić information content (AvgIpc) is 2.37. The van der Waals surface area contributed by atoms with E-state index in [4.69, 9.17) is 10.8 Å². The number of halogens is 3. The molecule has 1 aromatic carbocycles. The highest BCUT2D eigenvalue weighted by Crippen LogP contribution is 2.32. The van der Waals surface area contributed by atoms with Crippen LogP contribution >= 0.6 is 0 Å². The average molecular weight is 303 g/mol. The Morgan fingerprint density at radius 1 is 1.33 bits per heavy atom. The standard InChI is InChI=1S/C15H20F3NO2/c1-9(6-10(2)13(19)8-14(20)21)11-4-3-5-12(7-11)15(16,17)18/h3-5,7,9-10,13H,6,8,19H2,1-2H3,(H,20,21). The van der Waals surface area contributed by atoms with Crippen molar-refractivity contribution in [2.24, 2.45) is 11.7 Å². The number of carboxylic acid groups (broad SMARTS) is 1. The molecule has 0 aliphatic heterocycles. The van der Waals surface area contributed by atoms with Gasteiger partial charge in [0, 0.05) is 6.04 Å². The molecule has 1 aromatic rings. The van der Waals surface area contributed by atoms with Crippen LogP contribution in [0.25, 0.3) is 0 Å². The van der Waals surface area contributed by atoms with Gasteiger partial charge in [0.25, 0.3) is 0 Å². The molecular formula is C15H20F3NO2. The van der Waals surface area contributed by atoms with Crippen LogP contribution in [0.4, 0.5) is 13.2 Å². The van der Waals surface area contributed by atoms with E-state index in [0.29, 0.717) is 12.0 Å². The molecule has 0 saturated carbocycles. The van der Waals surface area contributed by atoms with Crippen LogP contribution < -0.4 is 5.73 Å². The van der Waals surface area contributed by atoms with Crippen molar-refractivity contribution in [2.45, 2.75) is 44.8 Å². The van der Waals surface area contributed by atoms with Crippen LogP contribution in [0.5, 0.6) is 0 Å². The number of benzene rings is 1. The zero-order valence-electron chi connectivity index (χ0n) is 12.0. The van der Waals surface area contributed by atoms with Gasteiger partial charge in [0.1, 0.15) is 0 Å². The van der Waals surface area contributed by atoms with E-state index in [2.05, 4.69) is 0 Å². The first-order chi connectivity index (χ1) is 9.61. The molecule has 0 bridgehead atoms. The first-order valence-electron chi connectivity index (χ1n) is 6.75. The first kappa shape index (κ1) is 17.5. The van der Waals surface area contributed by atoms with E-state index in [1.54, 1.807) is 6.07 Å². The maximum Gasteiger partial charge on any atom is 0.416 e. The van der Waals surface area contributed by atoms with Crippen molar-refractivity contribution in [3.63, 3.8) is 0 Å². The Labute approximate surface area is 122 Å². The van der Waals surface area contributed by atoms with Crippen molar-refractivity contribution >= 4 is 5.97 Å². The van der Waals surface area contributed by atoms with Crippen molar-refractivity contribution in [3.8, 4) is 0 Å². The van der Waals surface area contributed by atoms with E-state index in [1.165, 1.54) is 6.07 Å². The second-order valence-corrected chi connectivity index (χ2v) is 5.50. The molecule has 3 unspecified atom stereocenters.